The minimum absolute atomic E-state index is 0.0231. The fraction of sp³-hybridized carbons (Fsp3) is 0.375. The molecule has 6 heteroatoms. The van der Waals surface area contributed by atoms with E-state index >= 15 is 0 Å². The maximum atomic E-state index is 10.4. The Labute approximate surface area is 176 Å². The van der Waals surface area contributed by atoms with Crippen molar-refractivity contribution in [2.24, 2.45) is 0 Å². The van der Waals surface area contributed by atoms with Gasteiger partial charge >= 0.3 is 0 Å². The van der Waals surface area contributed by atoms with Gasteiger partial charge in [0.05, 0.1) is 31.1 Å². The highest BCUT2D eigenvalue weighted by molar-refractivity contribution is 5.56. The molecule has 3 aromatic rings. The molecule has 2 aromatic carbocycles. The van der Waals surface area contributed by atoms with Crippen molar-refractivity contribution in [2.45, 2.75) is 44.1 Å². The van der Waals surface area contributed by atoms with Crippen LogP contribution in [0, 0.1) is 0 Å². The van der Waals surface area contributed by atoms with Crippen LogP contribution >= 0.6 is 0 Å². The van der Waals surface area contributed by atoms with E-state index in [4.69, 9.17) is 14.0 Å². The number of methoxy groups -OCH3 is 1. The summed E-state index contributed by atoms with van der Waals surface area (Å²) in [5, 5.41) is 17.9. The van der Waals surface area contributed by atoms with Gasteiger partial charge in [0.1, 0.15) is 5.75 Å². The van der Waals surface area contributed by atoms with E-state index in [9.17, 15) is 5.11 Å². The number of hydrogen-bond acceptors (Lipinski definition) is 6. The Morgan fingerprint density at radius 3 is 2.67 bits per heavy atom. The van der Waals surface area contributed by atoms with Gasteiger partial charge in [-0.05, 0) is 30.5 Å². The molecule has 0 aliphatic carbocycles. The Bertz CT molecular complexity index is 910. The van der Waals surface area contributed by atoms with Gasteiger partial charge in [-0.3, -0.25) is 0 Å². The van der Waals surface area contributed by atoms with Crippen LogP contribution in [0.5, 0.6) is 5.75 Å². The number of aliphatic hydroxyl groups is 1. The lowest BCUT2D eigenvalue weighted by Gasteiger charge is -2.34. The highest BCUT2D eigenvalue weighted by Gasteiger charge is 2.30. The molecule has 0 spiro atoms. The van der Waals surface area contributed by atoms with Crippen molar-refractivity contribution in [3.8, 4) is 17.1 Å². The predicted molar refractivity (Wildman–Crippen MR) is 114 cm³/mol. The third kappa shape index (κ3) is 5.27. The van der Waals surface area contributed by atoms with Crippen LogP contribution < -0.4 is 10.1 Å². The minimum atomic E-state index is -0.457. The summed E-state index contributed by atoms with van der Waals surface area (Å²) in [4.78, 5) is 0. The van der Waals surface area contributed by atoms with Crippen LogP contribution in [0.25, 0.3) is 11.3 Å². The van der Waals surface area contributed by atoms with E-state index < -0.39 is 6.10 Å². The standard InChI is InChI=1S/C24H28N2O4/c1-28-20-9-7-17(8-10-20)15-25-16-24-22(27)12-11-21(29-24)13-19-14-23(30-26-19)18-5-3-2-4-6-18/h2-10,14,21-22,24-25,27H,11-13,15-16H2,1H3/t21-,22-,24+/m0/s1. The molecule has 3 atom stereocenters. The molecule has 0 unspecified atom stereocenters. The first-order valence-electron chi connectivity index (χ1n) is 10.4. The van der Waals surface area contributed by atoms with E-state index in [0.717, 1.165) is 41.2 Å². The molecular formula is C24H28N2O4. The minimum Gasteiger partial charge on any atom is -0.497 e. The molecule has 0 amide bonds. The Balaban J connectivity index is 1.28. The van der Waals surface area contributed by atoms with Crippen molar-refractivity contribution >= 4 is 0 Å². The second kappa shape index (κ2) is 9.89. The summed E-state index contributed by atoms with van der Waals surface area (Å²) in [7, 11) is 1.66. The quantitative estimate of drug-likeness (QED) is 0.593. The molecule has 1 saturated heterocycles. The van der Waals surface area contributed by atoms with Gasteiger partial charge in [0.15, 0.2) is 5.76 Å². The van der Waals surface area contributed by atoms with Gasteiger partial charge < -0.3 is 24.4 Å². The lowest BCUT2D eigenvalue weighted by atomic mass is 9.98. The summed E-state index contributed by atoms with van der Waals surface area (Å²) in [5.41, 5.74) is 3.05. The molecule has 158 valence electrons. The Kier molecular flexibility index (Phi) is 6.79. The van der Waals surface area contributed by atoms with E-state index in [2.05, 4.69) is 10.5 Å². The maximum absolute atomic E-state index is 10.4. The zero-order chi connectivity index (χ0) is 20.8. The topological polar surface area (TPSA) is 76.8 Å². The molecule has 1 aliphatic rings. The number of rotatable bonds is 8. The molecule has 6 nitrogen and oxygen atoms in total. The van der Waals surface area contributed by atoms with Crippen LogP contribution in [0.2, 0.25) is 0 Å². The van der Waals surface area contributed by atoms with Crippen molar-refractivity contribution in [3.05, 3.63) is 71.9 Å². The van der Waals surface area contributed by atoms with Crippen molar-refractivity contribution in [1.29, 1.82) is 0 Å². The van der Waals surface area contributed by atoms with Crippen molar-refractivity contribution in [3.63, 3.8) is 0 Å². The van der Waals surface area contributed by atoms with Crippen LogP contribution in [0.4, 0.5) is 0 Å². The van der Waals surface area contributed by atoms with Gasteiger partial charge in [-0.15, -0.1) is 0 Å². The smallest absolute Gasteiger partial charge is 0.167 e. The molecule has 2 N–H and O–H groups in total. The molecule has 30 heavy (non-hydrogen) atoms. The third-order valence-electron chi connectivity index (χ3n) is 5.47. The maximum Gasteiger partial charge on any atom is 0.167 e. The Hall–Kier alpha value is -2.67. The zero-order valence-electron chi connectivity index (χ0n) is 17.2. The molecule has 0 radical (unpaired) electrons. The number of hydrogen-bond donors (Lipinski definition) is 2. The van der Waals surface area contributed by atoms with E-state index in [1.165, 1.54) is 0 Å². The molecule has 1 aromatic heterocycles. The highest BCUT2D eigenvalue weighted by Crippen LogP contribution is 2.25. The SMILES string of the molecule is COc1ccc(CNC[C@H]2O[C@H](Cc3cc(-c4ccccc4)on3)CC[C@@H]2O)cc1. The number of benzene rings is 2. The summed E-state index contributed by atoms with van der Waals surface area (Å²) in [6.45, 7) is 1.31. The van der Waals surface area contributed by atoms with Crippen molar-refractivity contribution in [2.75, 3.05) is 13.7 Å². The van der Waals surface area contributed by atoms with Gasteiger partial charge in [0.2, 0.25) is 0 Å². The summed E-state index contributed by atoms with van der Waals surface area (Å²) in [6.07, 6.45) is 1.55. The van der Waals surface area contributed by atoms with Crippen LogP contribution in [0.15, 0.2) is 65.2 Å². The lowest BCUT2D eigenvalue weighted by molar-refractivity contribution is -0.115. The molecule has 1 aliphatic heterocycles. The molecule has 4 rings (SSSR count). The first kappa shape index (κ1) is 20.6. The monoisotopic (exact) mass is 408 g/mol. The molecule has 0 bridgehead atoms. The summed E-state index contributed by atoms with van der Waals surface area (Å²) < 4.78 is 16.9. The van der Waals surface area contributed by atoms with Gasteiger partial charge in [0, 0.05) is 31.1 Å². The normalized spacial score (nSPS) is 21.5. The van der Waals surface area contributed by atoms with E-state index in [0.29, 0.717) is 19.5 Å². The van der Waals surface area contributed by atoms with E-state index in [1.54, 1.807) is 7.11 Å². The zero-order valence-corrected chi connectivity index (χ0v) is 17.2. The second-order valence-electron chi connectivity index (χ2n) is 7.67. The Morgan fingerprint density at radius 1 is 1.10 bits per heavy atom. The van der Waals surface area contributed by atoms with Gasteiger partial charge in [0.25, 0.3) is 0 Å². The van der Waals surface area contributed by atoms with Gasteiger partial charge in [-0.25, -0.2) is 0 Å². The summed E-state index contributed by atoms with van der Waals surface area (Å²) >= 11 is 0. The molecular weight excluding hydrogens is 380 g/mol. The van der Waals surface area contributed by atoms with Gasteiger partial charge in [-0.2, -0.15) is 0 Å². The number of nitrogens with one attached hydrogen (secondary N) is 1. The van der Waals surface area contributed by atoms with Crippen LogP contribution in [-0.4, -0.2) is 42.2 Å². The largest absolute Gasteiger partial charge is 0.497 e. The fourth-order valence-electron chi connectivity index (χ4n) is 3.76. The predicted octanol–water partition coefficient (Wildman–Crippen LogP) is 3.59. The summed E-state index contributed by atoms with van der Waals surface area (Å²) in [5.74, 6) is 1.61. The second-order valence-corrected chi connectivity index (χ2v) is 7.67. The van der Waals surface area contributed by atoms with Crippen LogP contribution in [-0.2, 0) is 17.7 Å². The third-order valence-corrected chi connectivity index (χ3v) is 5.47. The van der Waals surface area contributed by atoms with E-state index in [-0.39, 0.29) is 12.2 Å². The number of ether oxygens (including phenoxy) is 2. The van der Waals surface area contributed by atoms with Crippen molar-refractivity contribution in [1.82, 2.24) is 10.5 Å². The van der Waals surface area contributed by atoms with Crippen LogP contribution in [0.3, 0.4) is 0 Å². The van der Waals surface area contributed by atoms with E-state index in [1.807, 2.05) is 60.7 Å². The van der Waals surface area contributed by atoms with Crippen molar-refractivity contribution < 1.29 is 19.1 Å². The number of aliphatic hydroxyl groups excluding tert-OH is 1. The van der Waals surface area contributed by atoms with Crippen LogP contribution in [0.1, 0.15) is 24.1 Å². The molecule has 1 fully saturated rings. The highest BCUT2D eigenvalue weighted by atomic mass is 16.5. The molecule has 2 heterocycles. The Morgan fingerprint density at radius 2 is 1.90 bits per heavy atom. The summed E-state index contributed by atoms with van der Waals surface area (Å²) in [6, 6.07) is 19.9. The fourth-order valence-corrected chi connectivity index (χ4v) is 3.76. The van der Waals surface area contributed by atoms with Gasteiger partial charge in [-0.1, -0.05) is 47.6 Å². The number of nitrogens with zero attached hydrogens (tertiary/aromatic N) is 1. The average Bonchev–Trinajstić information content (AvgIpc) is 3.25. The molecule has 0 saturated carbocycles. The average molecular weight is 408 g/mol. The first-order valence-corrected chi connectivity index (χ1v) is 10.4. The number of aromatic nitrogens is 1. The lowest BCUT2D eigenvalue weighted by Crippen LogP contribution is -2.45. The first-order chi connectivity index (χ1) is 14.7.